The molecule has 0 aromatic heterocycles. The van der Waals surface area contributed by atoms with Crippen molar-refractivity contribution in [1.29, 1.82) is 0 Å². The van der Waals surface area contributed by atoms with Crippen molar-refractivity contribution < 1.29 is 14.7 Å². The number of benzene rings is 1. The third-order valence-electron chi connectivity index (χ3n) is 3.93. The summed E-state index contributed by atoms with van der Waals surface area (Å²) in [6, 6.07) is 6.47. The van der Waals surface area contributed by atoms with Crippen LogP contribution in [-0.4, -0.2) is 22.5 Å². The van der Waals surface area contributed by atoms with Crippen LogP contribution < -0.4 is 11.1 Å². The highest BCUT2D eigenvalue weighted by Gasteiger charge is 2.43. The van der Waals surface area contributed by atoms with Gasteiger partial charge >= 0.3 is 5.97 Å². The Labute approximate surface area is 118 Å². The van der Waals surface area contributed by atoms with E-state index in [4.69, 9.17) is 5.73 Å². The Kier molecular flexibility index (Phi) is 3.97. The van der Waals surface area contributed by atoms with E-state index in [-0.39, 0.29) is 5.91 Å². The van der Waals surface area contributed by atoms with Crippen molar-refractivity contribution in [2.24, 2.45) is 5.92 Å². The zero-order valence-corrected chi connectivity index (χ0v) is 11.6. The number of rotatable bonds is 3. The van der Waals surface area contributed by atoms with Gasteiger partial charge in [-0.2, -0.15) is 0 Å². The lowest BCUT2D eigenvalue weighted by atomic mass is 9.76. The molecule has 0 spiro atoms. The molecular weight excluding hydrogens is 256 g/mol. The minimum atomic E-state index is -1.14. The van der Waals surface area contributed by atoms with E-state index < -0.39 is 11.5 Å². The molecule has 4 N–H and O–H groups in total. The molecule has 1 amide bonds. The zero-order valence-electron chi connectivity index (χ0n) is 11.6. The number of aliphatic carboxylic acids is 1. The van der Waals surface area contributed by atoms with Crippen LogP contribution in [-0.2, 0) is 4.79 Å². The smallest absolute Gasteiger partial charge is 0.329 e. The van der Waals surface area contributed by atoms with E-state index in [9.17, 15) is 14.7 Å². The Bertz CT molecular complexity index is 512. The molecule has 2 unspecified atom stereocenters. The molecule has 20 heavy (non-hydrogen) atoms. The van der Waals surface area contributed by atoms with E-state index >= 15 is 0 Å². The standard InChI is InChI=1S/C15H20N2O3/c1-10-3-2-8-15(9-10,14(19)20)17-13(18)11-4-6-12(16)7-5-11/h4-7,10H,2-3,8-9,16H2,1H3,(H,17,18)(H,19,20). The first-order valence-electron chi connectivity index (χ1n) is 6.84. The number of nitrogens with one attached hydrogen (secondary N) is 1. The van der Waals surface area contributed by atoms with Gasteiger partial charge in [0.2, 0.25) is 0 Å². The maximum atomic E-state index is 12.2. The molecule has 2 atom stereocenters. The highest BCUT2D eigenvalue weighted by molar-refractivity contribution is 5.98. The quantitative estimate of drug-likeness (QED) is 0.736. The van der Waals surface area contributed by atoms with Crippen molar-refractivity contribution in [2.45, 2.75) is 38.1 Å². The van der Waals surface area contributed by atoms with Gasteiger partial charge in [0.25, 0.3) is 5.91 Å². The fraction of sp³-hybridized carbons (Fsp3) is 0.467. The minimum absolute atomic E-state index is 0.298. The van der Waals surface area contributed by atoms with E-state index in [1.54, 1.807) is 24.3 Å². The van der Waals surface area contributed by atoms with Gasteiger partial charge in [-0.3, -0.25) is 4.79 Å². The molecule has 1 aromatic rings. The van der Waals surface area contributed by atoms with E-state index in [0.717, 1.165) is 12.8 Å². The number of hydrogen-bond donors (Lipinski definition) is 3. The average Bonchev–Trinajstić information content (AvgIpc) is 2.39. The molecule has 0 radical (unpaired) electrons. The topological polar surface area (TPSA) is 92.4 Å². The van der Waals surface area contributed by atoms with Gasteiger partial charge in [0.05, 0.1) is 0 Å². The zero-order chi connectivity index (χ0) is 14.8. The molecule has 2 rings (SSSR count). The van der Waals surface area contributed by atoms with Gasteiger partial charge in [-0.05, 0) is 43.0 Å². The second kappa shape index (κ2) is 5.53. The van der Waals surface area contributed by atoms with Crippen LogP contribution in [0.15, 0.2) is 24.3 Å². The summed E-state index contributed by atoms with van der Waals surface area (Å²) >= 11 is 0. The Balaban J connectivity index is 2.18. The van der Waals surface area contributed by atoms with Crippen molar-refractivity contribution in [3.05, 3.63) is 29.8 Å². The monoisotopic (exact) mass is 276 g/mol. The number of carboxylic acid groups (broad SMARTS) is 1. The maximum absolute atomic E-state index is 12.2. The first-order chi connectivity index (χ1) is 9.43. The third kappa shape index (κ3) is 2.92. The highest BCUT2D eigenvalue weighted by Crippen LogP contribution is 2.32. The predicted octanol–water partition coefficient (Wildman–Crippen LogP) is 2.03. The summed E-state index contributed by atoms with van der Waals surface area (Å²) in [4.78, 5) is 23.8. The number of nitrogens with two attached hydrogens (primary N) is 1. The molecule has 0 aliphatic heterocycles. The van der Waals surface area contributed by atoms with Gasteiger partial charge in [-0.25, -0.2) is 4.79 Å². The lowest BCUT2D eigenvalue weighted by Gasteiger charge is -2.37. The van der Waals surface area contributed by atoms with Gasteiger partial charge in [-0.15, -0.1) is 0 Å². The first-order valence-corrected chi connectivity index (χ1v) is 6.84. The third-order valence-corrected chi connectivity index (χ3v) is 3.93. The molecule has 1 aliphatic carbocycles. The van der Waals surface area contributed by atoms with Crippen molar-refractivity contribution in [1.82, 2.24) is 5.32 Å². The molecule has 5 heteroatoms. The SMILES string of the molecule is CC1CCCC(NC(=O)c2ccc(N)cc2)(C(=O)O)C1. The van der Waals surface area contributed by atoms with E-state index in [0.29, 0.717) is 30.0 Å². The molecule has 0 saturated heterocycles. The number of amides is 1. The highest BCUT2D eigenvalue weighted by atomic mass is 16.4. The summed E-state index contributed by atoms with van der Waals surface area (Å²) in [5.74, 6) is -1.01. The van der Waals surface area contributed by atoms with Crippen LogP contribution in [0.1, 0.15) is 43.0 Å². The first kappa shape index (κ1) is 14.4. The van der Waals surface area contributed by atoms with E-state index in [1.807, 2.05) is 6.92 Å². The summed E-state index contributed by atoms with van der Waals surface area (Å²) in [7, 11) is 0. The molecule has 1 aliphatic rings. The molecule has 1 aromatic carbocycles. The summed E-state index contributed by atoms with van der Waals surface area (Å²) in [6.45, 7) is 2.02. The van der Waals surface area contributed by atoms with Crippen LogP contribution in [0.5, 0.6) is 0 Å². The summed E-state index contributed by atoms with van der Waals surface area (Å²) in [5, 5.41) is 12.2. The number of carbonyl (C=O) groups excluding carboxylic acids is 1. The van der Waals surface area contributed by atoms with Crippen LogP contribution in [0.3, 0.4) is 0 Å². The van der Waals surface area contributed by atoms with E-state index in [2.05, 4.69) is 5.32 Å². The lowest BCUT2D eigenvalue weighted by Crippen LogP contribution is -2.56. The summed E-state index contributed by atoms with van der Waals surface area (Å²) in [6.07, 6.45) is 2.78. The van der Waals surface area contributed by atoms with Crippen LogP contribution in [0.2, 0.25) is 0 Å². The second-order valence-electron chi connectivity index (χ2n) is 5.66. The van der Waals surface area contributed by atoms with Crippen LogP contribution >= 0.6 is 0 Å². The van der Waals surface area contributed by atoms with Gasteiger partial charge < -0.3 is 16.2 Å². The van der Waals surface area contributed by atoms with Gasteiger partial charge in [-0.1, -0.05) is 19.8 Å². The number of carboxylic acids is 1. The number of anilines is 1. The average molecular weight is 276 g/mol. The van der Waals surface area contributed by atoms with Crippen LogP contribution in [0.25, 0.3) is 0 Å². The van der Waals surface area contributed by atoms with Crippen LogP contribution in [0, 0.1) is 5.92 Å². The van der Waals surface area contributed by atoms with Crippen molar-refractivity contribution in [3.8, 4) is 0 Å². The number of carbonyl (C=O) groups is 2. The Morgan fingerprint density at radius 2 is 2.00 bits per heavy atom. The Morgan fingerprint density at radius 3 is 2.55 bits per heavy atom. The maximum Gasteiger partial charge on any atom is 0.329 e. The fourth-order valence-corrected chi connectivity index (χ4v) is 2.84. The number of hydrogen-bond acceptors (Lipinski definition) is 3. The largest absolute Gasteiger partial charge is 0.480 e. The van der Waals surface area contributed by atoms with Crippen LogP contribution in [0.4, 0.5) is 5.69 Å². The second-order valence-corrected chi connectivity index (χ2v) is 5.66. The Hall–Kier alpha value is -2.04. The van der Waals surface area contributed by atoms with Gasteiger partial charge in [0.15, 0.2) is 0 Å². The Morgan fingerprint density at radius 1 is 1.35 bits per heavy atom. The molecule has 1 saturated carbocycles. The van der Waals surface area contributed by atoms with Gasteiger partial charge in [0.1, 0.15) is 5.54 Å². The molecular formula is C15H20N2O3. The van der Waals surface area contributed by atoms with Crippen molar-refractivity contribution in [3.63, 3.8) is 0 Å². The summed E-state index contributed by atoms with van der Waals surface area (Å²) in [5.41, 5.74) is 5.43. The van der Waals surface area contributed by atoms with E-state index in [1.165, 1.54) is 0 Å². The van der Waals surface area contributed by atoms with Crippen molar-refractivity contribution >= 4 is 17.6 Å². The lowest BCUT2D eigenvalue weighted by molar-refractivity contribution is -0.146. The molecule has 0 heterocycles. The fourth-order valence-electron chi connectivity index (χ4n) is 2.84. The predicted molar refractivity (Wildman–Crippen MR) is 76.3 cm³/mol. The molecule has 0 bridgehead atoms. The minimum Gasteiger partial charge on any atom is -0.480 e. The number of nitrogen functional groups attached to an aromatic ring is 1. The molecule has 5 nitrogen and oxygen atoms in total. The molecule has 1 fully saturated rings. The van der Waals surface area contributed by atoms with Gasteiger partial charge in [0, 0.05) is 11.3 Å². The normalized spacial score (nSPS) is 25.9. The molecule has 108 valence electrons. The van der Waals surface area contributed by atoms with Crippen molar-refractivity contribution in [2.75, 3.05) is 5.73 Å². The summed E-state index contributed by atoms with van der Waals surface area (Å²) < 4.78 is 0.